The van der Waals surface area contributed by atoms with Gasteiger partial charge in [-0.3, -0.25) is 0 Å². The van der Waals surface area contributed by atoms with Gasteiger partial charge in [0.1, 0.15) is 0 Å². The number of halogens is 12. The van der Waals surface area contributed by atoms with Crippen molar-refractivity contribution in [2.24, 2.45) is 0 Å². The Balaban J connectivity index is 0. The molecule has 16 heteroatoms. The van der Waals surface area contributed by atoms with Crippen molar-refractivity contribution in [2.75, 3.05) is 0 Å². The number of carboxylic acids is 1. The summed E-state index contributed by atoms with van der Waals surface area (Å²) in [5.41, 5.74) is -1.19. The highest BCUT2D eigenvalue weighted by Crippen LogP contribution is 2.38. The maximum atomic E-state index is 12.5. The average Bonchev–Trinajstić information content (AvgIpc) is 2.51. The zero-order chi connectivity index (χ0) is 24.7. The number of carbonyl (C=O) groups excluding carboxylic acids is 1. The minimum Gasteiger partial charge on any atom is -0.478 e. The van der Waals surface area contributed by atoms with Crippen molar-refractivity contribution in [1.82, 2.24) is 0 Å². The summed E-state index contributed by atoms with van der Waals surface area (Å²) in [6.07, 6.45) is -27.7. The van der Waals surface area contributed by atoms with Crippen LogP contribution >= 0.6 is 0 Å². The van der Waals surface area contributed by atoms with Crippen LogP contribution in [-0.2, 0) is 14.3 Å². The number of aliphatic carboxylic acids is 1. The maximum Gasteiger partial charge on any atom is 0.432 e. The van der Waals surface area contributed by atoms with E-state index >= 15 is 0 Å². The van der Waals surface area contributed by atoms with Gasteiger partial charge in [-0.1, -0.05) is 13.2 Å². The summed E-state index contributed by atoms with van der Waals surface area (Å²) in [4.78, 5) is 20.2. The molecule has 30 heavy (non-hydrogen) atoms. The molecule has 0 radical (unpaired) electrons. The molecule has 0 spiro atoms. The van der Waals surface area contributed by atoms with Crippen LogP contribution in [0.4, 0.5) is 52.7 Å². The van der Waals surface area contributed by atoms with Crippen molar-refractivity contribution in [3.63, 3.8) is 0 Å². The van der Waals surface area contributed by atoms with E-state index < -0.39 is 67.1 Å². The van der Waals surface area contributed by atoms with Crippen molar-refractivity contribution >= 4 is 11.9 Å². The summed E-state index contributed by atoms with van der Waals surface area (Å²) in [6, 6.07) is 0. The van der Waals surface area contributed by atoms with Crippen LogP contribution in [0.15, 0.2) is 24.8 Å². The van der Waals surface area contributed by atoms with E-state index in [9.17, 15) is 62.3 Å². The highest BCUT2D eigenvalue weighted by Gasteiger charge is 2.57. The molecule has 1 N–H and O–H groups in total. The van der Waals surface area contributed by atoms with Crippen LogP contribution in [0.2, 0.25) is 0 Å². The normalized spacial score (nSPS) is 14.7. The molecule has 0 aromatic carbocycles. The first-order chi connectivity index (χ1) is 13.1. The largest absolute Gasteiger partial charge is 0.478 e. The summed E-state index contributed by atoms with van der Waals surface area (Å²) in [6.45, 7) is 5.32. The Morgan fingerprint density at radius 3 is 1.70 bits per heavy atom. The van der Waals surface area contributed by atoms with E-state index in [0.717, 1.165) is 0 Å². The van der Waals surface area contributed by atoms with Crippen LogP contribution in [0.5, 0.6) is 0 Å². The lowest BCUT2D eigenvalue weighted by Crippen LogP contribution is -2.42. The molecule has 0 saturated carbocycles. The lowest BCUT2D eigenvalue weighted by Gasteiger charge is -2.22. The molecule has 0 aliphatic heterocycles. The Bertz CT molecular complexity index is 623. The van der Waals surface area contributed by atoms with E-state index in [1.54, 1.807) is 0 Å². The quantitative estimate of drug-likeness (QED) is 0.302. The second kappa shape index (κ2) is 10.6. The first-order valence-corrected chi connectivity index (χ1v) is 7.00. The molecule has 176 valence electrons. The predicted octanol–water partition coefficient (Wildman–Crippen LogP) is 5.15. The molecule has 2 unspecified atom stereocenters. The molecule has 0 aromatic heterocycles. The molecule has 0 aliphatic carbocycles. The number of carbonyl (C=O) groups is 2. The Kier molecular flexibility index (Phi) is 10.5. The number of esters is 1. The maximum absolute atomic E-state index is 12.5. The van der Waals surface area contributed by atoms with Crippen molar-refractivity contribution in [2.45, 2.75) is 49.6 Å². The van der Waals surface area contributed by atoms with Gasteiger partial charge in [0.15, 0.2) is 0 Å². The van der Waals surface area contributed by atoms with E-state index in [0.29, 0.717) is 0 Å². The van der Waals surface area contributed by atoms with Crippen molar-refractivity contribution in [3.05, 3.63) is 24.8 Å². The van der Waals surface area contributed by atoms with Gasteiger partial charge in [0.25, 0.3) is 12.1 Å². The monoisotopic (exact) mass is 472 g/mol. The van der Waals surface area contributed by atoms with E-state index in [-0.39, 0.29) is 6.08 Å². The number of rotatable bonds is 8. The zero-order valence-electron chi connectivity index (χ0n) is 14.3. The number of hydrogen-bond acceptors (Lipinski definition) is 3. The first kappa shape index (κ1) is 29.8. The third-order valence-electron chi connectivity index (χ3n) is 2.59. The second-order valence-corrected chi connectivity index (χ2v) is 5.22. The Morgan fingerprint density at radius 2 is 1.40 bits per heavy atom. The van der Waals surface area contributed by atoms with Crippen LogP contribution in [0.25, 0.3) is 0 Å². The minimum atomic E-state index is -5.73. The van der Waals surface area contributed by atoms with Crippen molar-refractivity contribution < 1.29 is 72.1 Å². The molecule has 0 fully saturated rings. The summed E-state index contributed by atoms with van der Waals surface area (Å²) in [5.74, 6) is -8.43. The van der Waals surface area contributed by atoms with Crippen molar-refractivity contribution in [1.29, 1.82) is 0 Å². The van der Waals surface area contributed by atoms with Gasteiger partial charge in [0.05, 0.1) is 6.42 Å². The third kappa shape index (κ3) is 11.5. The van der Waals surface area contributed by atoms with Crippen LogP contribution in [-0.4, -0.2) is 53.8 Å². The Hall–Kier alpha value is -2.42. The summed E-state index contributed by atoms with van der Waals surface area (Å²) >= 11 is 0. The fourth-order valence-electron chi connectivity index (χ4n) is 1.25. The van der Waals surface area contributed by atoms with Crippen LogP contribution in [0, 0.1) is 0 Å². The fourth-order valence-corrected chi connectivity index (χ4v) is 1.25. The standard InChI is InChI=1S/2C7H6F6O2/c1-3(4(14)15)2-6(9,10)5(8)7(11,12)13;1-2-5(14)15-7(12,13)4(8)3-6(9,10)11/h5H,1-2H2,(H,14,15);2,4H,1,3H2. The Morgan fingerprint density at radius 1 is 0.967 bits per heavy atom. The molecule has 2 atom stereocenters. The highest BCUT2D eigenvalue weighted by molar-refractivity contribution is 5.85. The lowest BCUT2D eigenvalue weighted by atomic mass is 10.0. The summed E-state index contributed by atoms with van der Waals surface area (Å²) < 4.78 is 147. The lowest BCUT2D eigenvalue weighted by molar-refractivity contribution is -0.274. The molecule has 0 aliphatic rings. The van der Waals surface area contributed by atoms with Gasteiger partial charge in [-0.05, 0) is 0 Å². The van der Waals surface area contributed by atoms with Gasteiger partial charge in [-0.25, -0.2) is 27.2 Å². The number of carboxylic acid groups (broad SMARTS) is 1. The molecule has 4 nitrogen and oxygen atoms in total. The predicted molar refractivity (Wildman–Crippen MR) is 74.1 cm³/mol. The van der Waals surface area contributed by atoms with Crippen LogP contribution in [0.1, 0.15) is 12.8 Å². The topological polar surface area (TPSA) is 63.6 Å². The van der Waals surface area contributed by atoms with Crippen molar-refractivity contribution in [3.8, 4) is 0 Å². The molecular weight excluding hydrogens is 460 g/mol. The molecule has 0 amide bonds. The first-order valence-electron chi connectivity index (χ1n) is 7.00. The third-order valence-corrected chi connectivity index (χ3v) is 2.59. The van der Waals surface area contributed by atoms with E-state index in [1.165, 1.54) is 0 Å². The zero-order valence-corrected chi connectivity index (χ0v) is 14.3. The molecule has 0 heterocycles. The molecule has 0 aromatic rings. The number of alkyl halides is 12. The van der Waals surface area contributed by atoms with Crippen LogP contribution < -0.4 is 0 Å². The summed E-state index contributed by atoms with van der Waals surface area (Å²) in [5, 5.41) is 8.09. The SMILES string of the molecule is C=C(CC(F)(F)C(F)C(F)(F)F)C(=O)O.C=CC(=O)OC(F)(F)C(F)CC(F)(F)F. The molecule has 0 saturated heterocycles. The van der Waals surface area contributed by atoms with E-state index in [1.807, 2.05) is 0 Å². The fraction of sp³-hybridized carbons (Fsp3) is 0.571. The minimum absolute atomic E-state index is 0.286. The van der Waals surface area contributed by atoms with Gasteiger partial charge in [0, 0.05) is 18.1 Å². The van der Waals surface area contributed by atoms with Crippen LogP contribution in [0.3, 0.4) is 0 Å². The molecule has 0 rings (SSSR count). The smallest absolute Gasteiger partial charge is 0.432 e. The van der Waals surface area contributed by atoms with Gasteiger partial charge in [-0.2, -0.15) is 35.1 Å². The summed E-state index contributed by atoms with van der Waals surface area (Å²) in [7, 11) is 0. The van der Waals surface area contributed by atoms with Gasteiger partial charge >= 0.3 is 30.4 Å². The van der Waals surface area contributed by atoms with E-state index in [4.69, 9.17) is 5.11 Å². The average molecular weight is 472 g/mol. The molecular formula is C14H12F12O4. The molecule has 0 bridgehead atoms. The number of hydrogen-bond donors (Lipinski definition) is 1. The Labute approximate surface area is 159 Å². The second-order valence-electron chi connectivity index (χ2n) is 5.22. The number of ether oxygens (including phenoxy) is 1. The highest BCUT2D eigenvalue weighted by atomic mass is 19.4. The van der Waals surface area contributed by atoms with Gasteiger partial charge in [-0.15, -0.1) is 0 Å². The van der Waals surface area contributed by atoms with Gasteiger partial charge in [0.2, 0.25) is 6.17 Å². The van der Waals surface area contributed by atoms with E-state index in [2.05, 4.69) is 17.9 Å². The van der Waals surface area contributed by atoms with Gasteiger partial charge < -0.3 is 9.84 Å².